The van der Waals surface area contributed by atoms with Crippen molar-refractivity contribution >= 4 is 11.9 Å². The van der Waals surface area contributed by atoms with Crippen LogP contribution in [-0.4, -0.2) is 35.0 Å². The molecular weight excluding hydrogens is 230 g/mol. The number of carbonyl (C=O) groups excluding carboxylic acids is 2. The Morgan fingerprint density at radius 1 is 1.28 bits per heavy atom. The van der Waals surface area contributed by atoms with Crippen LogP contribution < -0.4 is 0 Å². The van der Waals surface area contributed by atoms with Crippen molar-refractivity contribution in [2.75, 3.05) is 6.54 Å². The van der Waals surface area contributed by atoms with Gasteiger partial charge in [0.1, 0.15) is 5.60 Å². The normalized spacial score (nSPS) is 24.5. The number of likely N-dealkylation sites (tertiary alicyclic amines) is 1. The van der Waals surface area contributed by atoms with Crippen molar-refractivity contribution in [1.82, 2.24) is 4.90 Å². The molecule has 2 atom stereocenters. The number of hydrogen-bond acceptors (Lipinski definition) is 3. The Morgan fingerprint density at radius 2 is 1.83 bits per heavy atom. The average molecular weight is 255 g/mol. The minimum absolute atomic E-state index is 0.0507. The fourth-order valence-corrected chi connectivity index (χ4v) is 2.22. The number of Topliss-reactive ketones (excluding diaryl/α,β-unsaturated/α-hetero) is 1. The zero-order valence-electron chi connectivity index (χ0n) is 12.3. The highest BCUT2D eigenvalue weighted by molar-refractivity contribution is 5.89. The van der Waals surface area contributed by atoms with Gasteiger partial charge in [-0.05, 0) is 33.1 Å². The molecule has 0 aromatic carbocycles. The molecule has 104 valence electrons. The Morgan fingerprint density at radius 3 is 2.28 bits per heavy atom. The van der Waals surface area contributed by atoms with Gasteiger partial charge in [0.15, 0.2) is 5.78 Å². The van der Waals surface area contributed by atoms with Gasteiger partial charge >= 0.3 is 6.09 Å². The molecule has 1 fully saturated rings. The molecule has 18 heavy (non-hydrogen) atoms. The molecule has 0 saturated carbocycles. The molecule has 1 amide bonds. The van der Waals surface area contributed by atoms with E-state index in [1.165, 1.54) is 0 Å². The smallest absolute Gasteiger partial charge is 0.410 e. The number of rotatable bonds is 2. The zero-order valence-corrected chi connectivity index (χ0v) is 12.3. The van der Waals surface area contributed by atoms with E-state index in [1.807, 2.05) is 34.6 Å². The number of hydrogen-bond donors (Lipinski definition) is 0. The average Bonchev–Trinajstić information content (AvgIpc) is 2.56. The van der Waals surface area contributed by atoms with E-state index in [-0.39, 0.29) is 23.8 Å². The number of amides is 1. The highest BCUT2D eigenvalue weighted by Crippen LogP contribution is 2.27. The Balaban J connectivity index is 2.79. The quantitative estimate of drug-likeness (QED) is 0.762. The second-order valence-corrected chi connectivity index (χ2v) is 6.55. The van der Waals surface area contributed by atoms with E-state index in [2.05, 4.69) is 6.92 Å². The van der Waals surface area contributed by atoms with Crippen LogP contribution in [0.2, 0.25) is 0 Å². The number of ketones is 1. The minimum atomic E-state index is -0.520. The van der Waals surface area contributed by atoms with Gasteiger partial charge in [-0.15, -0.1) is 0 Å². The van der Waals surface area contributed by atoms with Gasteiger partial charge in [0.2, 0.25) is 0 Å². The third kappa shape index (κ3) is 3.72. The summed E-state index contributed by atoms with van der Waals surface area (Å²) in [6, 6.07) is -0.310. The van der Waals surface area contributed by atoms with Crippen molar-refractivity contribution in [2.45, 2.75) is 59.6 Å². The lowest BCUT2D eigenvalue weighted by molar-refractivity contribution is -0.126. The van der Waals surface area contributed by atoms with Crippen LogP contribution >= 0.6 is 0 Å². The number of ether oxygens (including phenoxy) is 1. The summed E-state index contributed by atoms with van der Waals surface area (Å²) in [6.45, 7) is 11.9. The Labute approximate surface area is 110 Å². The van der Waals surface area contributed by atoms with Gasteiger partial charge in [0, 0.05) is 12.5 Å². The first kappa shape index (κ1) is 15.0. The summed E-state index contributed by atoms with van der Waals surface area (Å²) in [5.41, 5.74) is -0.520. The molecule has 0 aromatic rings. The fourth-order valence-electron chi connectivity index (χ4n) is 2.22. The highest BCUT2D eigenvalue weighted by atomic mass is 16.6. The van der Waals surface area contributed by atoms with Gasteiger partial charge in [-0.2, -0.15) is 0 Å². The van der Waals surface area contributed by atoms with Gasteiger partial charge in [0.25, 0.3) is 0 Å². The summed E-state index contributed by atoms with van der Waals surface area (Å²) < 4.78 is 5.36. The van der Waals surface area contributed by atoms with Crippen LogP contribution in [0.5, 0.6) is 0 Å². The summed E-state index contributed by atoms with van der Waals surface area (Å²) in [6.07, 6.45) is 0.377. The maximum atomic E-state index is 12.1. The SMILES string of the molecule is CC(C)C(=O)[C@@H]1C[C@H](C)CN1C(=O)OC(C)(C)C. The number of nitrogens with zero attached hydrogens (tertiary/aromatic N) is 1. The molecule has 1 heterocycles. The van der Waals surface area contributed by atoms with Crippen molar-refractivity contribution in [3.05, 3.63) is 0 Å². The summed E-state index contributed by atoms with van der Waals surface area (Å²) in [4.78, 5) is 25.8. The van der Waals surface area contributed by atoms with Crippen molar-refractivity contribution in [3.63, 3.8) is 0 Å². The summed E-state index contributed by atoms with van der Waals surface area (Å²) in [5, 5.41) is 0. The van der Waals surface area contributed by atoms with Crippen LogP contribution in [0.15, 0.2) is 0 Å². The zero-order chi connectivity index (χ0) is 14.1. The van der Waals surface area contributed by atoms with E-state index in [4.69, 9.17) is 4.74 Å². The topological polar surface area (TPSA) is 46.6 Å². The first-order valence-electron chi connectivity index (χ1n) is 6.65. The molecule has 0 bridgehead atoms. The highest BCUT2D eigenvalue weighted by Gasteiger charge is 2.40. The molecule has 0 spiro atoms. The van der Waals surface area contributed by atoms with Crippen LogP contribution in [0.4, 0.5) is 4.79 Å². The summed E-state index contributed by atoms with van der Waals surface area (Å²) in [5.74, 6) is 0.431. The van der Waals surface area contributed by atoms with Crippen molar-refractivity contribution in [3.8, 4) is 0 Å². The Kier molecular flexibility index (Phi) is 4.41. The molecule has 0 unspecified atom stereocenters. The molecule has 0 aromatic heterocycles. The predicted molar refractivity (Wildman–Crippen MR) is 70.4 cm³/mol. The molecule has 1 aliphatic rings. The van der Waals surface area contributed by atoms with Gasteiger partial charge in [-0.25, -0.2) is 4.79 Å². The van der Waals surface area contributed by atoms with E-state index in [0.29, 0.717) is 12.5 Å². The maximum absolute atomic E-state index is 12.1. The second-order valence-electron chi connectivity index (χ2n) is 6.55. The summed E-state index contributed by atoms with van der Waals surface area (Å²) >= 11 is 0. The predicted octanol–water partition coefficient (Wildman–Crippen LogP) is 2.86. The Hall–Kier alpha value is -1.06. The molecule has 4 heteroatoms. The molecule has 1 aliphatic heterocycles. The third-order valence-electron chi connectivity index (χ3n) is 3.04. The van der Waals surface area contributed by atoms with E-state index in [9.17, 15) is 9.59 Å². The standard InChI is InChI=1S/C14H25NO3/c1-9(2)12(16)11-7-10(3)8-15(11)13(17)18-14(4,5)6/h9-11H,7-8H2,1-6H3/t10-,11-/m0/s1. The monoisotopic (exact) mass is 255 g/mol. The molecule has 0 radical (unpaired) electrons. The van der Waals surface area contributed by atoms with Crippen LogP contribution in [0.25, 0.3) is 0 Å². The lowest BCUT2D eigenvalue weighted by Gasteiger charge is -2.28. The van der Waals surface area contributed by atoms with Gasteiger partial charge in [-0.3, -0.25) is 9.69 Å². The van der Waals surface area contributed by atoms with Crippen LogP contribution in [0.3, 0.4) is 0 Å². The van der Waals surface area contributed by atoms with Crippen LogP contribution in [0.1, 0.15) is 48.0 Å². The first-order chi connectivity index (χ1) is 8.11. The molecule has 0 N–H and O–H groups in total. The van der Waals surface area contributed by atoms with Crippen LogP contribution in [-0.2, 0) is 9.53 Å². The van der Waals surface area contributed by atoms with E-state index in [0.717, 1.165) is 6.42 Å². The summed E-state index contributed by atoms with van der Waals surface area (Å²) in [7, 11) is 0. The van der Waals surface area contributed by atoms with Crippen LogP contribution in [0, 0.1) is 11.8 Å². The lowest BCUT2D eigenvalue weighted by Crippen LogP contribution is -2.44. The van der Waals surface area contributed by atoms with Gasteiger partial charge < -0.3 is 4.74 Å². The molecule has 1 rings (SSSR count). The van der Waals surface area contributed by atoms with Crippen molar-refractivity contribution in [1.29, 1.82) is 0 Å². The van der Waals surface area contributed by atoms with Gasteiger partial charge in [0.05, 0.1) is 6.04 Å². The molecular formula is C14H25NO3. The molecule has 4 nitrogen and oxygen atoms in total. The lowest BCUT2D eigenvalue weighted by atomic mass is 9.97. The fraction of sp³-hybridized carbons (Fsp3) is 0.857. The Bertz CT molecular complexity index is 330. The molecule has 1 saturated heterocycles. The maximum Gasteiger partial charge on any atom is 0.410 e. The van der Waals surface area contributed by atoms with E-state index >= 15 is 0 Å². The second kappa shape index (κ2) is 5.29. The molecule has 0 aliphatic carbocycles. The first-order valence-corrected chi connectivity index (χ1v) is 6.65. The van der Waals surface area contributed by atoms with Crippen molar-refractivity contribution < 1.29 is 14.3 Å². The van der Waals surface area contributed by atoms with Crippen molar-refractivity contribution in [2.24, 2.45) is 11.8 Å². The van der Waals surface area contributed by atoms with E-state index in [1.54, 1.807) is 4.90 Å². The largest absolute Gasteiger partial charge is 0.444 e. The third-order valence-corrected chi connectivity index (χ3v) is 3.04. The minimum Gasteiger partial charge on any atom is -0.444 e. The number of carbonyl (C=O) groups is 2. The van der Waals surface area contributed by atoms with Gasteiger partial charge in [-0.1, -0.05) is 20.8 Å². The van der Waals surface area contributed by atoms with E-state index < -0.39 is 5.60 Å².